The lowest BCUT2D eigenvalue weighted by molar-refractivity contribution is -0.139. The second kappa shape index (κ2) is 6.13. The Balaban J connectivity index is 1.46. The highest BCUT2D eigenvalue weighted by molar-refractivity contribution is 5.84. The van der Waals surface area contributed by atoms with Gasteiger partial charge in [-0.15, -0.1) is 0 Å². The number of ether oxygens (including phenoxy) is 1. The lowest BCUT2D eigenvalue weighted by Gasteiger charge is -2.21. The lowest BCUT2D eigenvalue weighted by atomic mass is 10.0. The van der Waals surface area contributed by atoms with Crippen LogP contribution in [0.1, 0.15) is 63.1 Å². The van der Waals surface area contributed by atoms with E-state index in [9.17, 15) is 4.79 Å². The SMILES string of the molecule is C[C@]1(C(=O)NCCc2noc(C3CCCC3)n2)CCCO1. The van der Waals surface area contributed by atoms with Gasteiger partial charge in [-0.1, -0.05) is 18.0 Å². The minimum atomic E-state index is -0.660. The number of amides is 1. The van der Waals surface area contributed by atoms with Crippen molar-refractivity contribution in [2.24, 2.45) is 0 Å². The van der Waals surface area contributed by atoms with Crippen LogP contribution in [0.15, 0.2) is 4.52 Å². The largest absolute Gasteiger partial charge is 0.365 e. The van der Waals surface area contributed by atoms with Crippen molar-refractivity contribution in [3.8, 4) is 0 Å². The molecule has 1 saturated carbocycles. The molecule has 116 valence electrons. The fourth-order valence-corrected chi connectivity index (χ4v) is 3.14. The van der Waals surface area contributed by atoms with Crippen LogP contribution in [-0.2, 0) is 16.0 Å². The van der Waals surface area contributed by atoms with Gasteiger partial charge in [0.25, 0.3) is 5.91 Å². The molecule has 3 rings (SSSR count). The van der Waals surface area contributed by atoms with Gasteiger partial charge in [0.1, 0.15) is 5.60 Å². The van der Waals surface area contributed by atoms with Gasteiger partial charge in [-0.2, -0.15) is 4.98 Å². The molecule has 1 aliphatic carbocycles. The van der Waals surface area contributed by atoms with E-state index in [0.717, 1.165) is 31.6 Å². The smallest absolute Gasteiger partial charge is 0.251 e. The summed E-state index contributed by atoms with van der Waals surface area (Å²) >= 11 is 0. The molecule has 6 heteroatoms. The zero-order valence-corrected chi connectivity index (χ0v) is 12.6. The minimum Gasteiger partial charge on any atom is -0.365 e. The van der Waals surface area contributed by atoms with Crippen molar-refractivity contribution in [3.05, 3.63) is 11.7 Å². The zero-order valence-electron chi connectivity index (χ0n) is 12.6. The number of aromatic nitrogens is 2. The summed E-state index contributed by atoms with van der Waals surface area (Å²) in [6.07, 6.45) is 7.11. The van der Waals surface area contributed by atoms with Gasteiger partial charge in [0, 0.05) is 25.5 Å². The fourth-order valence-electron chi connectivity index (χ4n) is 3.14. The van der Waals surface area contributed by atoms with Crippen LogP contribution in [0.25, 0.3) is 0 Å². The molecule has 1 aromatic rings. The van der Waals surface area contributed by atoms with Gasteiger partial charge in [-0.3, -0.25) is 4.79 Å². The molecule has 1 amide bonds. The Labute approximate surface area is 124 Å². The molecule has 1 saturated heterocycles. The third-order valence-corrected chi connectivity index (χ3v) is 4.52. The summed E-state index contributed by atoms with van der Waals surface area (Å²) in [5.41, 5.74) is -0.660. The number of hydrogen-bond donors (Lipinski definition) is 1. The van der Waals surface area contributed by atoms with Crippen LogP contribution in [0.2, 0.25) is 0 Å². The summed E-state index contributed by atoms with van der Waals surface area (Å²) in [4.78, 5) is 16.5. The molecule has 0 radical (unpaired) electrons. The van der Waals surface area contributed by atoms with E-state index < -0.39 is 5.60 Å². The Morgan fingerprint density at radius 1 is 1.38 bits per heavy atom. The Kier molecular flexibility index (Phi) is 4.24. The van der Waals surface area contributed by atoms with Crippen molar-refractivity contribution in [2.45, 2.75) is 63.4 Å². The van der Waals surface area contributed by atoms with E-state index in [-0.39, 0.29) is 5.91 Å². The van der Waals surface area contributed by atoms with Gasteiger partial charge < -0.3 is 14.6 Å². The van der Waals surface area contributed by atoms with E-state index in [1.54, 1.807) is 0 Å². The maximum absolute atomic E-state index is 12.1. The van der Waals surface area contributed by atoms with Crippen molar-refractivity contribution in [1.29, 1.82) is 0 Å². The first-order valence-corrected chi connectivity index (χ1v) is 7.92. The number of carbonyl (C=O) groups excluding carboxylic acids is 1. The first-order valence-electron chi connectivity index (χ1n) is 7.92. The van der Waals surface area contributed by atoms with E-state index in [1.807, 2.05) is 6.92 Å². The maximum atomic E-state index is 12.1. The Morgan fingerprint density at radius 2 is 2.19 bits per heavy atom. The van der Waals surface area contributed by atoms with Crippen molar-refractivity contribution in [2.75, 3.05) is 13.2 Å². The van der Waals surface area contributed by atoms with Gasteiger partial charge in [0.15, 0.2) is 5.82 Å². The van der Waals surface area contributed by atoms with Crippen LogP contribution in [0, 0.1) is 0 Å². The molecule has 21 heavy (non-hydrogen) atoms. The van der Waals surface area contributed by atoms with E-state index >= 15 is 0 Å². The molecule has 0 aromatic carbocycles. The zero-order chi connectivity index (χ0) is 14.7. The molecular weight excluding hydrogens is 270 g/mol. The second-order valence-electron chi connectivity index (χ2n) is 6.22. The molecular formula is C15H23N3O3. The summed E-state index contributed by atoms with van der Waals surface area (Å²) in [6, 6.07) is 0. The van der Waals surface area contributed by atoms with Gasteiger partial charge in [0.05, 0.1) is 0 Å². The lowest BCUT2D eigenvalue weighted by Crippen LogP contribution is -2.44. The number of hydrogen-bond acceptors (Lipinski definition) is 5. The fraction of sp³-hybridized carbons (Fsp3) is 0.800. The second-order valence-corrected chi connectivity index (χ2v) is 6.22. The number of rotatable bonds is 5. The summed E-state index contributed by atoms with van der Waals surface area (Å²) in [5.74, 6) is 1.83. The molecule has 1 N–H and O–H groups in total. The van der Waals surface area contributed by atoms with Crippen molar-refractivity contribution in [3.63, 3.8) is 0 Å². The van der Waals surface area contributed by atoms with E-state index in [4.69, 9.17) is 9.26 Å². The van der Waals surface area contributed by atoms with Gasteiger partial charge in [-0.05, 0) is 32.6 Å². The van der Waals surface area contributed by atoms with Crippen LogP contribution >= 0.6 is 0 Å². The Bertz CT molecular complexity index is 488. The standard InChI is InChI=1S/C15H23N3O3/c1-15(8-4-10-20-15)14(19)16-9-7-12-17-13(21-18-12)11-5-2-3-6-11/h11H,2-10H2,1H3,(H,16,19)/t15-/m1/s1. The first kappa shape index (κ1) is 14.5. The number of nitrogens with zero attached hydrogens (tertiary/aromatic N) is 2. The quantitative estimate of drug-likeness (QED) is 0.898. The van der Waals surface area contributed by atoms with Gasteiger partial charge in [0.2, 0.25) is 5.89 Å². The predicted octanol–water partition coefficient (Wildman–Crippen LogP) is 1.95. The summed E-state index contributed by atoms with van der Waals surface area (Å²) < 4.78 is 10.8. The first-order chi connectivity index (χ1) is 10.2. The average molecular weight is 293 g/mol. The van der Waals surface area contributed by atoms with Crippen LogP contribution < -0.4 is 5.32 Å². The van der Waals surface area contributed by atoms with Crippen molar-refractivity contribution < 1.29 is 14.1 Å². The van der Waals surface area contributed by atoms with Gasteiger partial charge >= 0.3 is 0 Å². The Morgan fingerprint density at radius 3 is 2.90 bits per heavy atom. The molecule has 2 fully saturated rings. The molecule has 1 atom stereocenters. The highest BCUT2D eigenvalue weighted by atomic mass is 16.5. The predicted molar refractivity (Wildman–Crippen MR) is 75.8 cm³/mol. The normalized spacial score (nSPS) is 26.3. The molecule has 1 aliphatic heterocycles. The summed E-state index contributed by atoms with van der Waals surface area (Å²) in [5, 5.41) is 6.91. The maximum Gasteiger partial charge on any atom is 0.251 e. The third-order valence-electron chi connectivity index (χ3n) is 4.52. The van der Waals surface area contributed by atoms with Gasteiger partial charge in [-0.25, -0.2) is 0 Å². The number of carbonyl (C=O) groups is 1. The van der Waals surface area contributed by atoms with Crippen LogP contribution in [0.4, 0.5) is 0 Å². The summed E-state index contributed by atoms with van der Waals surface area (Å²) in [7, 11) is 0. The Hall–Kier alpha value is -1.43. The summed E-state index contributed by atoms with van der Waals surface area (Å²) in [6.45, 7) is 3.03. The van der Waals surface area contributed by atoms with E-state index in [1.165, 1.54) is 12.8 Å². The van der Waals surface area contributed by atoms with E-state index in [2.05, 4.69) is 15.5 Å². The van der Waals surface area contributed by atoms with Crippen molar-refractivity contribution >= 4 is 5.91 Å². The van der Waals surface area contributed by atoms with Crippen LogP contribution in [0.5, 0.6) is 0 Å². The van der Waals surface area contributed by atoms with Crippen LogP contribution in [0.3, 0.4) is 0 Å². The molecule has 2 heterocycles. The van der Waals surface area contributed by atoms with E-state index in [0.29, 0.717) is 31.3 Å². The number of nitrogens with one attached hydrogen (secondary N) is 1. The molecule has 2 aliphatic rings. The van der Waals surface area contributed by atoms with Crippen LogP contribution in [-0.4, -0.2) is 34.8 Å². The molecule has 1 aromatic heterocycles. The average Bonchev–Trinajstić information content (AvgIpc) is 3.19. The topological polar surface area (TPSA) is 77.3 Å². The molecule has 0 unspecified atom stereocenters. The highest BCUT2D eigenvalue weighted by Crippen LogP contribution is 2.32. The third kappa shape index (κ3) is 3.26. The molecule has 0 spiro atoms. The minimum absolute atomic E-state index is 0.0421. The monoisotopic (exact) mass is 293 g/mol. The molecule has 6 nitrogen and oxygen atoms in total. The van der Waals surface area contributed by atoms with Crippen molar-refractivity contribution in [1.82, 2.24) is 15.5 Å². The molecule has 0 bridgehead atoms. The highest BCUT2D eigenvalue weighted by Gasteiger charge is 2.37.